The van der Waals surface area contributed by atoms with Gasteiger partial charge in [-0.05, 0) is 29.3 Å². The van der Waals surface area contributed by atoms with Crippen molar-refractivity contribution in [2.24, 2.45) is 0 Å². The van der Waals surface area contributed by atoms with E-state index in [1.165, 1.54) is 6.33 Å². The second-order valence-corrected chi connectivity index (χ2v) is 7.53. The highest BCUT2D eigenvalue weighted by Crippen LogP contribution is 2.30. The van der Waals surface area contributed by atoms with E-state index in [4.69, 9.17) is 0 Å². The molecule has 0 fully saturated rings. The Balaban J connectivity index is 1.72. The number of nitrogens with one attached hydrogen (secondary N) is 1. The van der Waals surface area contributed by atoms with Crippen LogP contribution in [0.1, 0.15) is 16.7 Å². The normalized spacial score (nSPS) is 12.3. The van der Waals surface area contributed by atoms with E-state index in [1.54, 1.807) is 29.2 Å². The van der Waals surface area contributed by atoms with E-state index < -0.39 is 26.7 Å². The first kappa shape index (κ1) is 19.1. The zero-order valence-corrected chi connectivity index (χ0v) is 14.7. The minimum absolute atomic E-state index is 0.0518. The molecule has 0 aliphatic heterocycles. The molecule has 0 amide bonds. The van der Waals surface area contributed by atoms with Crippen LogP contribution in [0.5, 0.6) is 0 Å². The van der Waals surface area contributed by atoms with Gasteiger partial charge in [0.15, 0.2) is 0 Å². The molecule has 10 heteroatoms. The van der Waals surface area contributed by atoms with E-state index in [9.17, 15) is 21.6 Å². The Hall–Kier alpha value is -2.72. The highest BCUT2D eigenvalue weighted by atomic mass is 32.2. The summed E-state index contributed by atoms with van der Waals surface area (Å²) in [4.78, 5) is 3.41. The summed E-state index contributed by atoms with van der Waals surface area (Å²) < 4.78 is 66.9. The lowest BCUT2D eigenvalue weighted by Crippen LogP contribution is -2.23. The number of benzene rings is 2. The number of rotatable bonds is 6. The second kappa shape index (κ2) is 7.49. The Morgan fingerprint density at radius 3 is 2.48 bits per heavy atom. The SMILES string of the molecule is O=S(=O)(NCc1cccc(Cn2cncn2)c1)c1cccc(C(F)(F)F)c1. The van der Waals surface area contributed by atoms with E-state index in [1.807, 2.05) is 6.07 Å². The average molecular weight is 396 g/mol. The van der Waals surface area contributed by atoms with Crippen LogP contribution in [-0.2, 0) is 29.3 Å². The van der Waals surface area contributed by atoms with Gasteiger partial charge in [0.25, 0.3) is 0 Å². The Morgan fingerprint density at radius 2 is 1.78 bits per heavy atom. The van der Waals surface area contributed by atoms with E-state index >= 15 is 0 Å². The largest absolute Gasteiger partial charge is 0.416 e. The highest BCUT2D eigenvalue weighted by Gasteiger charge is 2.31. The molecule has 0 aliphatic rings. The maximum absolute atomic E-state index is 12.8. The number of hydrogen-bond acceptors (Lipinski definition) is 4. The topological polar surface area (TPSA) is 76.9 Å². The standard InChI is InChI=1S/C17H15F3N4O2S/c18-17(19,20)15-5-2-6-16(8-15)27(25,26)23-9-13-3-1-4-14(7-13)10-24-12-21-11-22-24/h1-8,11-12,23H,9-10H2. The number of halogens is 3. The monoisotopic (exact) mass is 396 g/mol. The summed E-state index contributed by atoms with van der Waals surface area (Å²) in [5.74, 6) is 0. The molecule has 1 aromatic heterocycles. The fraction of sp³-hybridized carbons (Fsp3) is 0.176. The van der Waals surface area contributed by atoms with Gasteiger partial charge in [-0.2, -0.15) is 18.3 Å². The van der Waals surface area contributed by atoms with Crippen molar-refractivity contribution in [3.05, 3.63) is 77.9 Å². The molecule has 142 valence electrons. The predicted octanol–water partition coefficient (Wildman–Crippen LogP) is 2.82. The van der Waals surface area contributed by atoms with Gasteiger partial charge >= 0.3 is 6.18 Å². The van der Waals surface area contributed by atoms with Crippen LogP contribution in [0.4, 0.5) is 13.2 Å². The van der Waals surface area contributed by atoms with Crippen molar-refractivity contribution in [2.45, 2.75) is 24.2 Å². The number of aromatic nitrogens is 3. The lowest BCUT2D eigenvalue weighted by Gasteiger charge is -2.11. The Morgan fingerprint density at radius 1 is 1.04 bits per heavy atom. The first-order valence-electron chi connectivity index (χ1n) is 7.81. The third-order valence-corrected chi connectivity index (χ3v) is 5.14. The summed E-state index contributed by atoms with van der Waals surface area (Å²) in [6, 6.07) is 10.8. The van der Waals surface area contributed by atoms with Crippen molar-refractivity contribution in [3.8, 4) is 0 Å². The number of sulfonamides is 1. The van der Waals surface area contributed by atoms with Crippen molar-refractivity contribution in [3.63, 3.8) is 0 Å². The molecular weight excluding hydrogens is 381 g/mol. The summed E-state index contributed by atoms with van der Waals surface area (Å²) in [6.07, 6.45) is -1.64. The van der Waals surface area contributed by atoms with Gasteiger partial charge in [0.05, 0.1) is 17.0 Å². The molecule has 3 aromatic rings. The average Bonchev–Trinajstić information content (AvgIpc) is 3.13. The minimum atomic E-state index is -4.61. The molecule has 27 heavy (non-hydrogen) atoms. The number of nitrogens with zero attached hydrogens (tertiary/aromatic N) is 3. The third kappa shape index (κ3) is 4.92. The van der Waals surface area contributed by atoms with Crippen molar-refractivity contribution in [2.75, 3.05) is 0 Å². The predicted molar refractivity (Wildman–Crippen MR) is 91.0 cm³/mol. The van der Waals surface area contributed by atoms with Gasteiger partial charge in [0.1, 0.15) is 12.7 Å². The number of hydrogen-bond donors (Lipinski definition) is 1. The van der Waals surface area contributed by atoms with Crippen LogP contribution in [0.15, 0.2) is 66.1 Å². The molecule has 6 nitrogen and oxygen atoms in total. The molecule has 0 atom stereocenters. The molecule has 3 rings (SSSR count). The van der Waals surface area contributed by atoms with E-state index in [0.717, 1.165) is 23.8 Å². The van der Waals surface area contributed by atoms with Crippen LogP contribution in [0.3, 0.4) is 0 Å². The van der Waals surface area contributed by atoms with Gasteiger partial charge in [-0.15, -0.1) is 0 Å². The molecule has 0 bridgehead atoms. The van der Waals surface area contributed by atoms with Crippen molar-refractivity contribution >= 4 is 10.0 Å². The summed E-state index contributed by atoms with van der Waals surface area (Å²) in [7, 11) is -4.08. The minimum Gasteiger partial charge on any atom is -0.249 e. The molecule has 0 radical (unpaired) electrons. The first-order chi connectivity index (χ1) is 12.7. The second-order valence-electron chi connectivity index (χ2n) is 5.76. The van der Waals surface area contributed by atoms with E-state index in [-0.39, 0.29) is 6.54 Å². The van der Waals surface area contributed by atoms with E-state index in [0.29, 0.717) is 18.2 Å². The molecule has 1 N–H and O–H groups in total. The van der Waals surface area contributed by atoms with E-state index in [2.05, 4.69) is 14.8 Å². The zero-order valence-electron chi connectivity index (χ0n) is 13.9. The van der Waals surface area contributed by atoms with Crippen molar-refractivity contribution < 1.29 is 21.6 Å². The smallest absolute Gasteiger partial charge is 0.249 e. The molecule has 1 heterocycles. The Bertz CT molecular complexity index is 1020. The summed E-state index contributed by atoms with van der Waals surface area (Å²) in [5.41, 5.74) is 0.541. The van der Waals surface area contributed by atoms with Crippen molar-refractivity contribution in [1.82, 2.24) is 19.5 Å². The van der Waals surface area contributed by atoms with Gasteiger partial charge in [-0.25, -0.2) is 22.8 Å². The van der Waals surface area contributed by atoms with Crippen LogP contribution >= 0.6 is 0 Å². The maximum atomic E-state index is 12.8. The molecular formula is C17H15F3N4O2S. The zero-order chi connectivity index (χ0) is 19.5. The van der Waals surface area contributed by atoms with Gasteiger partial charge in [0.2, 0.25) is 10.0 Å². The molecule has 0 saturated carbocycles. The van der Waals surface area contributed by atoms with Crippen LogP contribution in [0.2, 0.25) is 0 Å². The molecule has 2 aromatic carbocycles. The van der Waals surface area contributed by atoms with Crippen LogP contribution in [0, 0.1) is 0 Å². The molecule has 0 spiro atoms. The van der Waals surface area contributed by atoms with Crippen LogP contribution in [-0.4, -0.2) is 23.2 Å². The number of alkyl halides is 3. The van der Waals surface area contributed by atoms with Gasteiger partial charge < -0.3 is 0 Å². The third-order valence-electron chi connectivity index (χ3n) is 3.74. The molecule has 0 aliphatic carbocycles. The van der Waals surface area contributed by atoms with Crippen LogP contribution < -0.4 is 4.72 Å². The molecule has 0 saturated heterocycles. The summed E-state index contributed by atoms with van der Waals surface area (Å²) in [6.45, 7) is 0.415. The van der Waals surface area contributed by atoms with Gasteiger partial charge in [0, 0.05) is 6.54 Å². The fourth-order valence-corrected chi connectivity index (χ4v) is 3.50. The summed E-state index contributed by atoms with van der Waals surface area (Å²) in [5, 5.41) is 4.00. The van der Waals surface area contributed by atoms with Crippen LogP contribution in [0.25, 0.3) is 0 Å². The van der Waals surface area contributed by atoms with Gasteiger partial charge in [-0.3, -0.25) is 0 Å². The van der Waals surface area contributed by atoms with Gasteiger partial charge in [-0.1, -0.05) is 30.3 Å². The summed E-state index contributed by atoms with van der Waals surface area (Å²) >= 11 is 0. The Kier molecular flexibility index (Phi) is 5.29. The maximum Gasteiger partial charge on any atom is 0.416 e. The lowest BCUT2D eigenvalue weighted by molar-refractivity contribution is -0.137. The quantitative estimate of drug-likeness (QED) is 0.695. The molecule has 0 unspecified atom stereocenters. The highest BCUT2D eigenvalue weighted by molar-refractivity contribution is 7.89. The lowest BCUT2D eigenvalue weighted by atomic mass is 10.1. The fourth-order valence-electron chi connectivity index (χ4n) is 2.44. The first-order valence-corrected chi connectivity index (χ1v) is 9.29. The Labute approximate surface area is 153 Å². The van der Waals surface area contributed by atoms with Crippen molar-refractivity contribution in [1.29, 1.82) is 0 Å².